The normalized spacial score (nSPS) is 11.9. The van der Waals surface area contributed by atoms with Crippen molar-refractivity contribution in [1.82, 2.24) is 0 Å². The molecule has 0 spiro atoms. The Bertz CT molecular complexity index is 432. The number of rotatable bonds is 6. The molecular formula is C13H19N3O2. The smallest absolute Gasteiger partial charge is 0.248 e. The second-order valence-corrected chi connectivity index (χ2v) is 4.37. The maximum atomic E-state index is 11.6. The van der Waals surface area contributed by atoms with Crippen molar-refractivity contribution in [3.05, 3.63) is 29.8 Å². The first-order valence-electron chi connectivity index (χ1n) is 5.92. The first-order valence-corrected chi connectivity index (χ1v) is 5.92. The van der Waals surface area contributed by atoms with Gasteiger partial charge in [0.1, 0.15) is 0 Å². The maximum absolute atomic E-state index is 11.6. The van der Waals surface area contributed by atoms with Crippen LogP contribution in [0.1, 0.15) is 30.1 Å². The van der Waals surface area contributed by atoms with Crippen molar-refractivity contribution < 1.29 is 9.59 Å². The van der Waals surface area contributed by atoms with E-state index in [1.165, 1.54) is 0 Å². The number of nitrogens with one attached hydrogen (secondary N) is 1. The summed E-state index contributed by atoms with van der Waals surface area (Å²) in [4.78, 5) is 22.6. The highest BCUT2D eigenvalue weighted by molar-refractivity contribution is 5.96. The van der Waals surface area contributed by atoms with Crippen LogP contribution in [0.5, 0.6) is 0 Å². The molecule has 0 heterocycles. The lowest BCUT2D eigenvalue weighted by molar-refractivity contribution is -0.116. The Hall–Kier alpha value is -1.88. The molecule has 2 amide bonds. The van der Waals surface area contributed by atoms with E-state index in [-0.39, 0.29) is 5.91 Å². The van der Waals surface area contributed by atoms with Gasteiger partial charge in [-0.2, -0.15) is 0 Å². The van der Waals surface area contributed by atoms with Crippen LogP contribution in [0.25, 0.3) is 0 Å². The molecule has 1 aromatic rings. The average molecular weight is 249 g/mol. The molecule has 1 unspecified atom stereocenters. The Morgan fingerprint density at radius 2 is 2.11 bits per heavy atom. The zero-order chi connectivity index (χ0) is 13.5. The molecule has 0 radical (unpaired) electrons. The number of benzene rings is 1. The van der Waals surface area contributed by atoms with Crippen LogP contribution < -0.4 is 16.8 Å². The molecule has 5 N–H and O–H groups in total. The van der Waals surface area contributed by atoms with Gasteiger partial charge in [-0.3, -0.25) is 9.59 Å². The van der Waals surface area contributed by atoms with Gasteiger partial charge in [0, 0.05) is 17.7 Å². The minimum Gasteiger partial charge on any atom is -0.366 e. The number of hydrogen-bond acceptors (Lipinski definition) is 3. The van der Waals surface area contributed by atoms with Crippen LogP contribution in [0.3, 0.4) is 0 Å². The quantitative estimate of drug-likeness (QED) is 0.704. The molecule has 0 aliphatic rings. The summed E-state index contributed by atoms with van der Waals surface area (Å²) in [5.74, 6) is -0.271. The first kappa shape index (κ1) is 14.2. The molecule has 0 fully saturated rings. The highest BCUT2D eigenvalue weighted by atomic mass is 16.2. The molecule has 0 aromatic heterocycles. The number of hydrogen-bond donors (Lipinski definition) is 3. The van der Waals surface area contributed by atoms with Gasteiger partial charge < -0.3 is 16.8 Å². The van der Waals surface area contributed by atoms with Crippen LogP contribution in [0.4, 0.5) is 5.69 Å². The predicted molar refractivity (Wildman–Crippen MR) is 71.0 cm³/mol. The molecule has 0 saturated heterocycles. The summed E-state index contributed by atoms with van der Waals surface area (Å²) in [7, 11) is 0. The number of anilines is 1. The summed E-state index contributed by atoms with van der Waals surface area (Å²) < 4.78 is 0. The van der Waals surface area contributed by atoms with Crippen molar-refractivity contribution >= 4 is 17.5 Å². The monoisotopic (exact) mass is 249 g/mol. The molecule has 18 heavy (non-hydrogen) atoms. The number of carbonyl (C=O) groups excluding carboxylic acids is 2. The highest BCUT2D eigenvalue weighted by Crippen LogP contribution is 2.11. The van der Waals surface area contributed by atoms with Gasteiger partial charge in [0.15, 0.2) is 0 Å². The Balaban J connectivity index is 2.54. The van der Waals surface area contributed by atoms with Crippen LogP contribution >= 0.6 is 0 Å². The van der Waals surface area contributed by atoms with E-state index in [1.807, 2.05) is 6.92 Å². The fourth-order valence-corrected chi connectivity index (χ4v) is 1.47. The molecule has 98 valence electrons. The fraction of sp³-hybridized carbons (Fsp3) is 0.385. The van der Waals surface area contributed by atoms with Crippen LogP contribution in [-0.4, -0.2) is 18.4 Å². The van der Waals surface area contributed by atoms with Gasteiger partial charge in [0.05, 0.1) is 0 Å². The van der Waals surface area contributed by atoms with E-state index in [0.717, 1.165) is 6.42 Å². The van der Waals surface area contributed by atoms with E-state index in [9.17, 15) is 9.59 Å². The molecule has 0 saturated carbocycles. The van der Waals surface area contributed by atoms with Crippen molar-refractivity contribution in [2.45, 2.75) is 19.8 Å². The second-order valence-electron chi connectivity index (χ2n) is 4.37. The molecular weight excluding hydrogens is 230 g/mol. The highest BCUT2D eigenvalue weighted by Gasteiger charge is 2.07. The van der Waals surface area contributed by atoms with Crippen LogP contribution in [0.15, 0.2) is 24.3 Å². The molecule has 1 aromatic carbocycles. The summed E-state index contributed by atoms with van der Waals surface area (Å²) in [5.41, 5.74) is 11.6. The van der Waals surface area contributed by atoms with Crippen LogP contribution in [0, 0.1) is 5.92 Å². The zero-order valence-corrected chi connectivity index (χ0v) is 10.5. The topological polar surface area (TPSA) is 98.2 Å². The van der Waals surface area contributed by atoms with Gasteiger partial charge in [0.2, 0.25) is 11.8 Å². The molecule has 1 atom stereocenters. The Morgan fingerprint density at radius 3 is 2.72 bits per heavy atom. The number of primary amides is 1. The van der Waals surface area contributed by atoms with Crippen LogP contribution in [0.2, 0.25) is 0 Å². The Labute approximate surface area is 107 Å². The van der Waals surface area contributed by atoms with E-state index >= 15 is 0 Å². The van der Waals surface area contributed by atoms with E-state index in [0.29, 0.717) is 30.1 Å². The number of amides is 2. The lowest BCUT2D eigenvalue weighted by atomic mass is 10.1. The number of nitrogens with two attached hydrogens (primary N) is 2. The van der Waals surface area contributed by atoms with Gasteiger partial charge in [-0.25, -0.2) is 0 Å². The van der Waals surface area contributed by atoms with Crippen molar-refractivity contribution in [3.8, 4) is 0 Å². The summed E-state index contributed by atoms with van der Waals surface area (Å²) in [6, 6.07) is 6.57. The summed E-state index contributed by atoms with van der Waals surface area (Å²) >= 11 is 0. The van der Waals surface area contributed by atoms with Crippen LogP contribution in [-0.2, 0) is 4.79 Å². The summed E-state index contributed by atoms with van der Waals surface area (Å²) in [6.07, 6.45) is 1.16. The summed E-state index contributed by atoms with van der Waals surface area (Å²) in [6.45, 7) is 2.57. The van der Waals surface area contributed by atoms with Crippen molar-refractivity contribution in [3.63, 3.8) is 0 Å². The van der Waals surface area contributed by atoms with Crippen molar-refractivity contribution in [1.29, 1.82) is 0 Å². The van der Waals surface area contributed by atoms with E-state index < -0.39 is 5.91 Å². The zero-order valence-electron chi connectivity index (χ0n) is 10.5. The van der Waals surface area contributed by atoms with Gasteiger partial charge in [-0.1, -0.05) is 13.0 Å². The molecule has 0 aliphatic carbocycles. The van der Waals surface area contributed by atoms with Crippen molar-refractivity contribution in [2.24, 2.45) is 17.4 Å². The molecule has 0 aliphatic heterocycles. The first-order chi connectivity index (χ1) is 8.52. The third-order valence-corrected chi connectivity index (χ3v) is 2.70. The van der Waals surface area contributed by atoms with Gasteiger partial charge >= 0.3 is 0 Å². The van der Waals surface area contributed by atoms with Gasteiger partial charge in [-0.15, -0.1) is 0 Å². The molecule has 0 bridgehead atoms. The SMILES string of the molecule is CC(CN)CCC(=O)Nc1cccc(C(N)=O)c1. The third-order valence-electron chi connectivity index (χ3n) is 2.70. The predicted octanol–water partition coefficient (Wildman–Crippen LogP) is 1.10. The minimum absolute atomic E-state index is 0.0862. The van der Waals surface area contributed by atoms with Crippen molar-refractivity contribution in [2.75, 3.05) is 11.9 Å². The third kappa shape index (κ3) is 4.55. The lowest BCUT2D eigenvalue weighted by Crippen LogP contribution is -2.17. The minimum atomic E-state index is -0.511. The molecule has 5 heteroatoms. The Morgan fingerprint density at radius 1 is 1.39 bits per heavy atom. The lowest BCUT2D eigenvalue weighted by Gasteiger charge is -2.09. The standard InChI is InChI=1S/C13H19N3O2/c1-9(8-14)5-6-12(17)16-11-4-2-3-10(7-11)13(15)18/h2-4,7,9H,5-6,8,14H2,1H3,(H2,15,18)(H,16,17). The maximum Gasteiger partial charge on any atom is 0.248 e. The molecule has 5 nitrogen and oxygen atoms in total. The van der Waals surface area contributed by atoms with Gasteiger partial charge in [-0.05, 0) is 37.1 Å². The largest absolute Gasteiger partial charge is 0.366 e. The number of carbonyl (C=O) groups is 2. The fourth-order valence-electron chi connectivity index (χ4n) is 1.47. The van der Waals surface area contributed by atoms with Gasteiger partial charge in [0.25, 0.3) is 0 Å². The second kappa shape index (κ2) is 6.76. The average Bonchev–Trinajstić information content (AvgIpc) is 2.36. The van der Waals surface area contributed by atoms with E-state index in [4.69, 9.17) is 11.5 Å². The van der Waals surface area contributed by atoms with E-state index in [1.54, 1.807) is 24.3 Å². The molecule has 1 rings (SSSR count). The van der Waals surface area contributed by atoms with E-state index in [2.05, 4.69) is 5.32 Å². The Kier molecular flexibility index (Phi) is 5.32. The summed E-state index contributed by atoms with van der Waals surface area (Å²) in [5, 5.41) is 2.73.